The average molecular weight is 318 g/mol. The quantitative estimate of drug-likeness (QED) is 0.852. The Balaban J connectivity index is 2.45. The highest BCUT2D eigenvalue weighted by Crippen LogP contribution is 2.41. The second kappa shape index (κ2) is 5.35. The van der Waals surface area contributed by atoms with E-state index in [4.69, 9.17) is 0 Å². The first-order chi connectivity index (χ1) is 10.1. The SMILES string of the molecule is CC(C)C(=O)N1N=C(c2ccc(F)cc2)C[C@]1(O)C(F)(F)F. The van der Waals surface area contributed by atoms with Gasteiger partial charge in [-0.2, -0.15) is 23.3 Å². The Morgan fingerprint density at radius 2 is 1.86 bits per heavy atom. The molecule has 0 saturated heterocycles. The fraction of sp³-hybridized carbons (Fsp3) is 0.429. The van der Waals surface area contributed by atoms with Gasteiger partial charge in [0.25, 0.3) is 5.72 Å². The van der Waals surface area contributed by atoms with Crippen LogP contribution < -0.4 is 0 Å². The third-order valence-electron chi connectivity index (χ3n) is 3.32. The van der Waals surface area contributed by atoms with Gasteiger partial charge in [0.15, 0.2) is 0 Å². The van der Waals surface area contributed by atoms with Gasteiger partial charge in [0.05, 0.1) is 12.1 Å². The number of hydrazone groups is 1. The standard InChI is InChI=1S/C14H14F4N2O2/c1-8(2)12(21)20-13(22,14(16,17)18)7-11(19-20)9-3-5-10(15)6-4-9/h3-6,8,22H,7H2,1-2H3/t13-/m0/s1. The van der Waals surface area contributed by atoms with Crippen molar-refractivity contribution in [1.82, 2.24) is 5.01 Å². The summed E-state index contributed by atoms with van der Waals surface area (Å²) in [5, 5.41) is 13.7. The Morgan fingerprint density at radius 3 is 2.32 bits per heavy atom. The molecule has 0 saturated carbocycles. The van der Waals surface area contributed by atoms with E-state index in [1.54, 1.807) is 0 Å². The lowest BCUT2D eigenvalue weighted by atomic mass is 10.0. The second-order valence-electron chi connectivity index (χ2n) is 5.35. The van der Waals surface area contributed by atoms with E-state index in [9.17, 15) is 27.5 Å². The predicted molar refractivity (Wildman–Crippen MR) is 70.2 cm³/mol. The van der Waals surface area contributed by atoms with Gasteiger partial charge in [0.1, 0.15) is 5.82 Å². The molecule has 0 unspecified atom stereocenters. The highest BCUT2D eigenvalue weighted by Gasteiger charge is 2.63. The highest BCUT2D eigenvalue weighted by atomic mass is 19.4. The van der Waals surface area contributed by atoms with Gasteiger partial charge in [0, 0.05) is 5.92 Å². The van der Waals surface area contributed by atoms with Crippen molar-refractivity contribution in [2.45, 2.75) is 32.2 Å². The van der Waals surface area contributed by atoms with Crippen molar-refractivity contribution in [3.05, 3.63) is 35.6 Å². The van der Waals surface area contributed by atoms with E-state index >= 15 is 0 Å². The molecule has 0 aliphatic carbocycles. The smallest absolute Gasteiger partial charge is 0.362 e. The minimum Gasteiger partial charge on any atom is -0.362 e. The lowest BCUT2D eigenvalue weighted by Gasteiger charge is -2.33. The molecule has 1 aromatic carbocycles. The molecule has 2 rings (SSSR count). The summed E-state index contributed by atoms with van der Waals surface area (Å²) < 4.78 is 52.5. The summed E-state index contributed by atoms with van der Waals surface area (Å²) in [6, 6.07) is 4.62. The number of nitrogens with zero attached hydrogens (tertiary/aromatic N) is 2. The Labute approximate surface area is 124 Å². The normalized spacial score (nSPS) is 22.2. The van der Waals surface area contributed by atoms with Crippen LogP contribution >= 0.6 is 0 Å². The Bertz CT molecular complexity index is 610. The summed E-state index contributed by atoms with van der Waals surface area (Å²) in [7, 11) is 0. The molecular weight excluding hydrogens is 304 g/mol. The van der Waals surface area contributed by atoms with Crippen LogP contribution in [0.15, 0.2) is 29.4 Å². The maximum absolute atomic E-state index is 13.2. The largest absolute Gasteiger partial charge is 0.438 e. The van der Waals surface area contributed by atoms with E-state index in [2.05, 4.69) is 5.10 Å². The van der Waals surface area contributed by atoms with Crippen LogP contribution in [0.25, 0.3) is 0 Å². The van der Waals surface area contributed by atoms with Crippen molar-refractivity contribution in [1.29, 1.82) is 0 Å². The molecule has 1 aliphatic heterocycles. The number of hydrogen-bond donors (Lipinski definition) is 1. The summed E-state index contributed by atoms with van der Waals surface area (Å²) in [5.74, 6) is -2.27. The predicted octanol–water partition coefficient (Wildman–Crippen LogP) is 2.67. The Morgan fingerprint density at radius 1 is 1.32 bits per heavy atom. The Hall–Kier alpha value is -1.96. The molecule has 0 bridgehead atoms. The third-order valence-corrected chi connectivity index (χ3v) is 3.32. The molecule has 1 heterocycles. The molecule has 8 heteroatoms. The van der Waals surface area contributed by atoms with E-state index in [1.165, 1.54) is 26.0 Å². The van der Waals surface area contributed by atoms with Crippen molar-refractivity contribution >= 4 is 11.6 Å². The molecule has 0 aromatic heterocycles. The molecular formula is C14H14F4N2O2. The van der Waals surface area contributed by atoms with Crippen molar-refractivity contribution in [3.63, 3.8) is 0 Å². The van der Waals surface area contributed by atoms with Crippen molar-refractivity contribution in [2.75, 3.05) is 0 Å². The van der Waals surface area contributed by atoms with Crippen molar-refractivity contribution in [3.8, 4) is 0 Å². The van der Waals surface area contributed by atoms with Gasteiger partial charge >= 0.3 is 6.18 Å². The van der Waals surface area contributed by atoms with Crippen LogP contribution in [0, 0.1) is 11.7 Å². The lowest BCUT2D eigenvalue weighted by Crippen LogP contribution is -2.57. The van der Waals surface area contributed by atoms with Crippen molar-refractivity contribution in [2.24, 2.45) is 11.0 Å². The number of rotatable bonds is 2. The zero-order valence-corrected chi connectivity index (χ0v) is 11.9. The highest BCUT2D eigenvalue weighted by molar-refractivity contribution is 6.03. The van der Waals surface area contributed by atoms with Crippen LogP contribution in [-0.2, 0) is 4.79 Å². The fourth-order valence-electron chi connectivity index (χ4n) is 2.05. The van der Waals surface area contributed by atoms with E-state index in [0.717, 1.165) is 12.1 Å². The fourth-order valence-corrected chi connectivity index (χ4v) is 2.05. The summed E-state index contributed by atoms with van der Waals surface area (Å²) in [5.41, 5.74) is -3.31. The summed E-state index contributed by atoms with van der Waals surface area (Å²) in [6.07, 6.45) is -5.97. The molecule has 0 spiro atoms. The van der Waals surface area contributed by atoms with Crippen LogP contribution in [0.3, 0.4) is 0 Å². The molecule has 120 valence electrons. The van der Waals surface area contributed by atoms with E-state index in [-0.39, 0.29) is 16.3 Å². The van der Waals surface area contributed by atoms with Crippen LogP contribution in [0.5, 0.6) is 0 Å². The first-order valence-corrected chi connectivity index (χ1v) is 6.53. The third kappa shape index (κ3) is 2.70. The topological polar surface area (TPSA) is 52.9 Å². The minimum absolute atomic E-state index is 0.0797. The maximum atomic E-state index is 13.2. The van der Waals surface area contributed by atoms with Gasteiger partial charge in [-0.1, -0.05) is 26.0 Å². The van der Waals surface area contributed by atoms with Crippen molar-refractivity contribution < 1.29 is 27.5 Å². The molecule has 1 aromatic rings. The number of carbonyl (C=O) groups excluding carboxylic acids is 1. The number of halogens is 4. The zero-order chi connectivity index (χ0) is 16.7. The number of alkyl halides is 3. The average Bonchev–Trinajstić information content (AvgIpc) is 2.77. The monoisotopic (exact) mass is 318 g/mol. The number of benzene rings is 1. The van der Waals surface area contributed by atoms with Gasteiger partial charge in [-0.25, -0.2) is 4.39 Å². The van der Waals surface area contributed by atoms with Gasteiger partial charge in [-0.05, 0) is 17.7 Å². The zero-order valence-electron chi connectivity index (χ0n) is 11.9. The van der Waals surface area contributed by atoms with Gasteiger partial charge in [0.2, 0.25) is 5.91 Å². The van der Waals surface area contributed by atoms with Crippen LogP contribution in [0.1, 0.15) is 25.8 Å². The van der Waals surface area contributed by atoms with Crippen LogP contribution in [-0.4, -0.2) is 33.6 Å². The Kier molecular flexibility index (Phi) is 3.99. The molecule has 0 fully saturated rings. The van der Waals surface area contributed by atoms with Gasteiger partial charge < -0.3 is 5.11 Å². The lowest BCUT2D eigenvalue weighted by molar-refractivity contribution is -0.303. The molecule has 1 atom stereocenters. The first kappa shape index (κ1) is 16.4. The molecule has 1 N–H and O–H groups in total. The van der Waals surface area contributed by atoms with E-state index < -0.39 is 36.0 Å². The molecule has 22 heavy (non-hydrogen) atoms. The number of amides is 1. The number of aliphatic hydroxyl groups is 1. The van der Waals surface area contributed by atoms with E-state index in [0.29, 0.717) is 0 Å². The summed E-state index contributed by atoms with van der Waals surface area (Å²) in [4.78, 5) is 11.9. The number of hydrogen-bond acceptors (Lipinski definition) is 3. The van der Waals surface area contributed by atoms with Gasteiger partial charge in [-0.15, -0.1) is 0 Å². The maximum Gasteiger partial charge on any atom is 0.438 e. The minimum atomic E-state index is -5.07. The number of carbonyl (C=O) groups is 1. The molecule has 4 nitrogen and oxygen atoms in total. The molecule has 0 radical (unpaired) electrons. The van der Waals surface area contributed by atoms with Gasteiger partial charge in [-0.3, -0.25) is 4.79 Å². The molecule has 1 aliphatic rings. The molecule has 1 amide bonds. The van der Waals surface area contributed by atoms with Crippen LogP contribution in [0.4, 0.5) is 17.6 Å². The second-order valence-corrected chi connectivity index (χ2v) is 5.35. The first-order valence-electron chi connectivity index (χ1n) is 6.53. The summed E-state index contributed by atoms with van der Waals surface area (Å²) in [6.45, 7) is 2.81. The summed E-state index contributed by atoms with van der Waals surface area (Å²) >= 11 is 0. The van der Waals surface area contributed by atoms with E-state index in [1.807, 2.05) is 0 Å². The van der Waals surface area contributed by atoms with Crippen LogP contribution in [0.2, 0.25) is 0 Å².